The number of hydrogen-bond donors (Lipinski definition) is 0. The molecule has 0 aliphatic rings. The van der Waals surface area contributed by atoms with Crippen molar-refractivity contribution in [1.82, 2.24) is 0 Å². The van der Waals surface area contributed by atoms with E-state index in [9.17, 15) is 9.59 Å². The van der Waals surface area contributed by atoms with Gasteiger partial charge in [0, 0.05) is 0 Å². The summed E-state index contributed by atoms with van der Waals surface area (Å²) in [5, 5.41) is 0. The maximum atomic E-state index is 12.2. The minimum Gasteiger partial charge on any atom is -0.462 e. The van der Waals surface area contributed by atoms with E-state index in [0.29, 0.717) is 29.2 Å². The molecule has 0 bridgehead atoms. The van der Waals surface area contributed by atoms with Gasteiger partial charge in [0.05, 0.1) is 17.7 Å². The fourth-order valence-electron chi connectivity index (χ4n) is 2.17. The van der Waals surface area contributed by atoms with Gasteiger partial charge in [-0.3, -0.25) is 0 Å². The van der Waals surface area contributed by atoms with E-state index in [-0.39, 0.29) is 5.97 Å². The molecule has 2 aromatic rings. The summed E-state index contributed by atoms with van der Waals surface area (Å²) in [5.74, 6) is 0.335. The van der Waals surface area contributed by atoms with E-state index in [2.05, 4.69) is 0 Å². The van der Waals surface area contributed by atoms with Crippen molar-refractivity contribution in [3.05, 3.63) is 59.2 Å². The zero-order chi connectivity index (χ0) is 19.3. The lowest BCUT2D eigenvalue weighted by atomic mass is 10.1. The van der Waals surface area contributed by atoms with Gasteiger partial charge in [0.2, 0.25) is 0 Å². The first-order chi connectivity index (χ1) is 12.2. The highest BCUT2D eigenvalue weighted by atomic mass is 16.6. The number of carbonyl (C=O) groups excluding carboxylic acids is 2. The topological polar surface area (TPSA) is 61.8 Å². The molecule has 26 heavy (non-hydrogen) atoms. The second-order valence-electron chi connectivity index (χ2n) is 6.83. The molecule has 0 saturated heterocycles. The first-order valence-electron chi connectivity index (χ1n) is 8.48. The highest BCUT2D eigenvalue weighted by Gasteiger charge is 2.19. The van der Waals surface area contributed by atoms with Crippen LogP contribution in [0.5, 0.6) is 11.5 Å². The van der Waals surface area contributed by atoms with E-state index in [1.807, 2.05) is 33.8 Å². The van der Waals surface area contributed by atoms with Crippen molar-refractivity contribution in [2.45, 2.75) is 40.2 Å². The second-order valence-corrected chi connectivity index (χ2v) is 6.83. The average Bonchev–Trinajstić information content (AvgIpc) is 2.56. The summed E-state index contributed by atoms with van der Waals surface area (Å²) in [6, 6.07) is 11.8. The van der Waals surface area contributed by atoms with Gasteiger partial charge in [-0.1, -0.05) is 6.07 Å². The maximum Gasteiger partial charge on any atom is 0.338 e. The summed E-state index contributed by atoms with van der Waals surface area (Å²) >= 11 is 0. The minimum atomic E-state index is -0.564. The number of ether oxygens (including phenoxy) is 3. The minimum absolute atomic E-state index is 0.327. The fraction of sp³-hybridized carbons (Fsp3) is 0.333. The Morgan fingerprint density at radius 2 is 1.54 bits per heavy atom. The van der Waals surface area contributed by atoms with Crippen LogP contribution < -0.4 is 4.74 Å². The van der Waals surface area contributed by atoms with Crippen LogP contribution in [-0.2, 0) is 9.47 Å². The maximum absolute atomic E-state index is 12.2. The number of rotatable bonds is 5. The largest absolute Gasteiger partial charge is 0.462 e. The third kappa shape index (κ3) is 5.34. The van der Waals surface area contributed by atoms with E-state index in [1.165, 1.54) is 0 Å². The molecule has 0 heterocycles. The summed E-state index contributed by atoms with van der Waals surface area (Å²) in [7, 11) is 0. The van der Waals surface area contributed by atoms with Crippen LogP contribution in [0.4, 0.5) is 0 Å². The van der Waals surface area contributed by atoms with Crippen LogP contribution in [0.25, 0.3) is 0 Å². The molecule has 0 atom stereocenters. The van der Waals surface area contributed by atoms with Crippen LogP contribution in [0.15, 0.2) is 42.5 Å². The van der Waals surface area contributed by atoms with Gasteiger partial charge in [0.1, 0.15) is 17.1 Å². The Kier molecular flexibility index (Phi) is 6.03. The second kappa shape index (κ2) is 8.04. The van der Waals surface area contributed by atoms with Crippen molar-refractivity contribution >= 4 is 11.9 Å². The van der Waals surface area contributed by atoms with Gasteiger partial charge in [0.25, 0.3) is 0 Å². The Morgan fingerprint density at radius 3 is 2.12 bits per heavy atom. The van der Waals surface area contributed by atoms with E-state index in [0.717, 1.165) is 5.56 Å². The highest BCUT2D eigenvalue weighted by molar-refractivity contribution is 5.90. The molecule has 0 saturated carbocycles. The zero-order valence-corrected chi connectivity index (χ0v) is 15.8. The third-order valence-electron chi connectivity index (χ3n) is 3.42. The standard InChI is InChI=1S/C21H24O5/c1-6-24-19(22)15-9-11-17(12-10-15)25-18-13-16(8-7-14(18)2)20(23)26-21(3,4)5/h7-13H,6H2,1-5H3. The van der Waals surface area contributed by atoms with Crippen LogP contribution in [0.2, 0.25) is 0 Å². The van der Waals surface area contributed by atoms with Gasteiger partial charge in [-0.25, -0.2) is 9.59 Å². The van der Waals surface area contributed by atoms with Gasteiger partial charge in [-0.05, 0) is 76.6 Å². The van der Waals surface area contributed by atoms with Crippen molar-refractivity contribution in [3.8, 4) is 11.5 Å². The summed E-state index contributed by atoms with van der Waals surface area (Å²) in [4.78, 5) is 23.9. The molecule has 2 rings (SSSR count). The van der Waals surface area contributed by atoms with Gasteiger partial charge in [-0.15, -0.1) is 0 Å². The highest BCUT2D eigenvalue weighted by Crippen LogP contribution is 2.27. The normalized spacial score (nSPS) is 11.0. The van der Waals surface area contributed by atoms with Gasteiger partial charge in [0.15, 0.2) is 0 Å². The lowest BCUT2D eigenvalue weighted by molar-refractivity contribution is 0.00689. The molecule has 5 heteroatoms. The summed E-state index contributed by atoms with van der Waals surface area (Å²) < 4.78 is 16.2. The first-order valence-corrected chi connectivity index (χ1v) is 8.48. The predicted molar refractivity (Wildman–Crippen MR) is 98.8 cm³/mol. The van der Waals surface area contributed by atoms with Crippen LogP contribution in [0, 0.1) is 6.92 Å². The Hall–Kier alpha value is -2.82. The summed E-state index contributed by atoms with van der Waals surface area (Å²) in [6.07, 6.45) is 0. The van der Waals surface area contributed by atoms with Crippen molar-refractivity contribution in [3.63, 3.8) is 0 Å². The van der Waals surface area contributed by atoms with Crippen molar-refractivity contribution in [1.29, 1.82) is 0 Å². The van der Waals surface area contributed by atoms with E-state index in [1.54, 1.807) is 43.3 Å². The van der Waals surface area contributed by atoms with Crippen molar-refractivity contribution < 1.29 is 23.8 Å². The smallest absolute Gasteiger partial charge is 0.338 e. The average molecular weight is 356 g/mol. The van der Waals surface area contributed by atoms with Crippen LogP contribution >= 0.6 is 0 Å². The Balaban J connectivity index is 2.17. The molecule has 2 aromatic carbocycles. The molecule has 138 valence electrons. The number of hydrogen-bond acceptors (Lipinski definition) is 5. The molecule has 0 unspecified atom stereocenters. The molecule has 5 nitrogen and oxygen atoms in total. The molecular formula is C21H24O5. The fourth-order valence-corrected chi connectivity index (χ4v) is 2.17. The van der Waals surface area contributed by atoms with Gasteiger partial charge in [-0.2, -0.15) is 0 Å². The van der Waals surface area contributed by atoms with Crippen molar-refractivity contribution in [2.75, 3.05) is 6.61 Å². The monoisotopic (exact) mass is 356 g/mol. The Morgan fingerprint density at radius 1 is 0.923 bits per heavy atom. The molecule has 0 spiro atoms. The quantitative estimate of drug-likeness (QED) is 0.712. The molecule has 0 aromatic heterocycles. The molecule has 0 aliphatic heterocycles. The predicted octanol–water partition coefficient (Wildman–Crippen LogP) is 4.92. The molecule has 0 N–H and O–H groups in total. The molecule has 0 radical (unpaired) electrons. The zero-order valence-electron chi connectivity index (χ0n) is 15.8. The van der Waals surface area contributed by atoms with E-state index in [4.69, 9.17) is 14.2 Å². The molecule has 0 aliphatic carbocycles. The van der Waals surface area contributed by atoms with Crippen LogP contribution in [0.1, 0.15) is 54.0 Å². The third-order valence-corrected chi connectivity index (χ3v) is 3.42. The van der Waals surface area contributed by atoms with Crippen LogP contribution in [-0.4, -0.2) is 24.1 Å². The SMILES string of the molecule is CCOC(=O)c1ccc(Oc2cc(C(=O)OC(C)(C)C)ccc2C)cc1. The number of aryl methyl sites for hydroxylation is 1. The number of benzene rings is 2. The number of carbonyl (C=O) groups is 2. The Labute approximate surface area is 153 Å². The molecule has 0 amide bonds. The van der Waals surface area contributed by atoms with E-state index < -0.39 is 11.6 Å². The molecular weight excluding hydrogens is 332 g/mol. The van der Waals surface area contributed by atoms with Crippen LogP contribution in [0.3, 0.4) is 0 Å². The summed E-state index contributed by atoms with van der Waals surface area (Å²) in [6.45, 7) is 9.44. The number of esters is 2. The van der Waals surface area contributed by atoms with Gasteiger partial charge < -0.3 is 14.2 Å². The molecule has 0 fully saturated rings. The van der Waals surface area contributed by atoms with E-state index >= 15 is 0 Å². The first kappa shape index (κ1) is 19.5. The Bertz CT molecular complexity index is 785. The lowest BCUT2D eigenvalue weighted by Crippen LogP contribution is -2.23. The van der Waals surface area contributed by atoms with Crippen molar-refractivity contribution in [2.24, 2.45) is 0 Å². The van der Waals surface area contributed by atoms with Gasteiger partial charge >= 0.3 is 11.9 Å². The lowest BCUT2D eigenvalue weighted by Gasteiger charge is -2.20. The summed E-state index contributed by atoms with van der Waals surface area (Å²) in [5.41, 5.74) is 1.19.